The minimum Gasteiger partial charge on any atom is -0.632 e. The second-order valence-corrected chi connectivity index (χ2v) is 8.72. The van der Waals surface area contributed by atoms with Gasteiger partial charge in [-0.1, -0.05) is 35.9 Å². The van der Waals surface area contributed by atoms with E-state index in [1.165, 1.54) is 18.2 Å². The van der Waals surface area contributed by atoms with Crippen LogP contribution < -0.4 is 14.2 Å². The summed E-state index contributed by atoms with van der Waals surface area (Å²) in [5.74, 6) is -0.163. The molecule has 3 aromatic rings. The maximum atomic E-state index is 14.1. The number of fused-ring (bicyclic) bond motifs is 2. The number of para-hydroxylation sites is 2. The van der Waals surface area contributed by atoms with Crippen LogP contribution in [0.1, 0.15) is 28.6 Å². The number of ether oxygens (including phenoxy) is 3. The highest BCUT2D eigenvalue weighted by Gasteiger charge is 2.47. The van der Waals surface area contributed by atoms with Crippen molar-refractivity contribution < 1.29 is 40.8 Å². The van der Waals surface area contributed by atoms with Gasteiger partial charge in [0.15, 0.2) is 23.3 Å². The maximum Gasteiger partial charge on any atom is 0.586 e. The smallest absolute Gasteiger partial charge is 0.586 e. The van der Waals surface area contributed by atoms with E-state index in [2.05, 4.69) is 14.6 Å². The van der Waals surface area contributed by atoms with E-state index >= 15 is 0 Å². The highest BCUT2D eigenvalue weighted by atomic mass is 35.5. The number of aromatic nitrogens is 2. The number of hydrogen-bond donors (Lipinski definition) is 0. The SMILES string of the molecule is Cn1nc(C[N+]2([O-])Cc3ccccc3OC(c3cccc4c3OC(F)(F)O4)C2)c(Cl)c1C(F)(F)F. The molecule has 186 valence electrons. The highest BCUT2D eigenvalue weighted by Crippen LogP contribution is 2.47. The number of halogens is 6. The summed E-state index contributed by atoms with van der Waals surface area (Å²) in [6.45, 7) is -1.04. The molecule has 0 N–H and O–H groups in total. The van der Waals surface area contributed by atoms with Crippen LogP contribution in [0, 0.1) is 5.21 Å². The summed E-state index contributed by atoms with van der Waals surface area (Å²) in [6.07, 6.45) is -9.75. The van der Waals surface area contributed by atoms with Crippen LogP contribution in [0.4, 0.5) is 22.0 Å². The fourth-order valence-electron chi connectivity index (χ4n) is 4.38. The van der Waals surface area contributed by atoms with Crippen LogP contribution in [-0.2, 0) is 26.3 Å². The molecule has 0 radical (unpaired) electrons. The van der Waals surface area contributed by atoms with Crippen LogP contribution >= 0.6 is 11.6 Å². The van der Waals surface area contributed by atoms with Crippen molar-refractivity contribution in [2.75, 3.05) is 6.54 Å². The van der Waals surface area contributed by atoms with E-state index in [4.69, 9.17) is 16.3 Å². The second kappa shape index (κ2) is 7.97. The average Bonchev–Trinajstić information content (AvgIpc) is 3.15. The lowest BCUT2D eigenvalue weighted by Crippen LogP contribution is -2.43. The third-order valence-electron chi connectivity index (χ3n) is 5.77. The summed E-state index contributed by atoms with van der Waals surface area (Å²) in [7, 11) is 1.09. The summed E-state index contributed by atoms with van der Waals surface area (Å²) < 4.78 is 82.4. The van der Waals surface area contributed by atoms with Crippen LogP contribution in [-0.4, -0.2) is 27.3 Å². The molecule has 0 spiro atoms. The molecule has 7 nitrogen and oxygen atoms in total. The monoisotopic (exact) mass is 517 g/mol. The molecule has 0 amide bonds. The molecule has 3 heterocycles. The molecule has 0 fully saturated rings. The van der Waals surface area contributed by atoms with Gasteiger partial charge in [-0.3, -0.25) is 4.68 Å². The lowest BCUT2D eigenvalue weighted by Gasteiger charge is -2.42. The fraction of sp³-hybridized carbons (Fsp3) is 0.318. The fourth-order valence-corrected chi connectivity index (χ4v) is 4.71. The Labute approximate surface area is 200 Å². The standard InChI is InChI=1S/C22H17ClF5N3O4/c1-30-20(21(24,25)26)18(23)14(29-30)10-31(32)9-12-5-2-3-7-15(12)33-17(11-31)13-6-4-8-16-19(13)35-22(27,28)34-16/h2-8,17H,9-11H2,1H3. The van der Waals surface area contributed by atoms with Gasteiger partial charge in [0, 0.05) is 18.2 Å². The molecule has 35 heavy (non-hydrogen) atoms. The summed E-state index contributed by atoms with van der Waals surface area (Å²) in [4.78, 5) is 0. The predicted octanol–water partition coefficient (Wildman–Crippen LogP) is 5.56. The lowest BCUT2D eigenvalue weighted by atomic mass is 10.1. The van der Waals surface area contributed by atoms with Crippen LogP contribution in [0.2, 0.25) is 5.02 Å². The number of aryl methyl sites for hydroxylation is 1. The van der Waals surface area contributed by atoms with E-state index in [9.17, 15) is 27.2 Å². The van der Waals surface area contributed by atoms with Gasteiger partial charge in [0.2, 0.25) is 0 Å². The molecular formula is C22H17ClF5N3O4. The zero-order valence-electron chi connectivity index (χ0n) is 18.0. The van der Waals surface area contributed by atoms with E-state index in [0.717, 1.165) is 7.05 Å². The Hall–Kier alpha value is -3.09. The third-order valence-corrected chi connectivity index (χ3v) is 6.16. The van der Waals surface area contributed by atoms with Crippen molar-refractivity contribution in [3.05, 3.63) is 75.2 Å². The van der Waals surface area contributed by atoms with Crippen molar-refractivity contribution in [1.82, 2.24) is 9.78 Å². The van der Waals surface area contributed by atoms with Crippen molar-refractivity contribution in [2.24, 2.45) is 7.05 Å². The van der Waals surface area contributed by atoms with Crippen molar-refractivity contribution >= 4 is 11.6 Å². The van der Waals surface area contributed by atoms with Gasteiger partial charge in [0.05, 0.1) is 0 Å². The number of hydroxylamine groups is 3. The molecule has 1 aromatic heterocycles. The maximum absolute atomic E-state index is 14.1. The van der Waals surface area contributed by atoms with Gasteiger partial charge in [-0.2, -0.15) is 18.3 Å². The second-order valence-electron chi connectivity index (χ2n) is 8.34. The molecule has 2 atom stereocenters. The number of quaternary nitrogens is 1. The largest absolute Gasteiger partial charge is 0.632 e. The quantitative estimate of drug-likeness (QED) is 0.258. The van der Waals surface area contributed by atoms with Gasteiger partial charge in [0.25, 0.3) is 0 Å². The van der Waals surface area contributed by atoms with Gasteiger partial charge < -0.3 is 24.1 Å². The van der Waals surface area contributed by atoms with Crippen LogP contribution in [0.5, 0.6) is 17.2 Å². The average molecular weight is 518 g/mol. The van der Waals surface area contributed by atoms with Crippen molar-refractivity contribution in [3.63, 3.8) is 0 Å². The Morgan fingerprint density at radius 2 is 1.86 bits per heavy atom. The molecule has 2 aliphatic rings. The Morgan fingerprint density at radius 3 is 2.57 bits per heavy atom. The van der Waals surface area contributed by atoms with Gasteiger partial charge in [-0.05, 0) is 18.2 Å². The van der Waals surface area contributed by atoms with Gasteiger partial charge in [-0.25, -0.2) is 0 Å². The summed E-state index contributed by atoms with van der Waals surface area (Å²) >= 11 is 5.99. The summed E-state index contributed by atoms with van der Waals surface area (Å²) in [6, 6.07) is 10.8. The first-order chi connectivity index (χ1) is 16.4. The van der Waals surface area contributed by atoms with Crippen molar-refractivity contribution in [3.8, 4) is 17.2 Å². The van der Waals surface area contributed by atoms with Gasteiger partial charge >= 0.3 is 12.5 Å². The zero-order valence-corrected chi connectivity index (χ0v) is 18.7. The number of benzene rings is 2. The van der Waals surface area contributed by atoms with Gasteiger partial charge in [-0.15, -0.1) is 8.78 Å². The summed E-state index contributed by atoms with van der Waals surface area (Å²) in [5.41, 5.74) is -0.780. The molecule has 0 aliphatic carbocycles. The normalized spacial score (nSPS) is 22.9. The number of hydrogen-bond acceptors (Lipinski definition) is 5. The Balaban J connectivity index is 1.56. The Kier molecular flexibility index (Phi) is 5.38. The van der Waals surface area contributed by atoms with E-state index in [-0.39, 0.29) is 35.8 Å². The minimum atomic E-state index is -4.77. The predicted molar refractivity (Wildman–Crippen MR) is 112 cm³/mol. The number of alkyl halides is 5. The third kappa shape index (κ3) is 4.37. The number of rotatable bonds is 3. The van der Waals surface area contributed by atoms with E-state index in [1.807, 2.05) is 0 Å². The molecule has 0 saturated heterocycles. The lowest BCUT2D eigenvalue weighted by molar-refractivity contribution is -0.909. The van der Waals surface area contributed by atoms with Crippen LogP contribution in [0.15, 0.2) is 42.5 Å². The van der Waals surface area contributed by atoms with E-state index in [0.29, 0.717) is 16.0 Å². The topological polar surface area (TPSA) is 68.6 Å². The minimum absolute atomic E-state index is 0.137. The van der Waals surface area contributed by atoms with Crippen LogP contribution in [0.25, 0.3) is 0 Å². The molecule has 2 unspecified atom stereocenters. The number of nitrogens with zero attached hydrogens (tertiary/aromatic N) is 3. The first kappa shape index (κ1) is 23.6. The molecule has 2 aliphatic heterocycles. The molecule has 13 heteroatoms. The van der Waals surface area contributed by atoms with Crippen molar-refractivity contribution in [2.45, 2.75) is 31.7 Å². The first-order valence-corrected chi connectivity index (χ1v) is 10.7. The van der Waals surface area contributed by atoms with Gasteiger partial charge in [0.1, 0.15) is 36.1 Å². The Bertz CT molecular complexity index is 1300. The molecule has 2 aromatic carbocycles. The first-order valence-electron chi connectivity index (χ1n) is 10.3. The molecule has 0 bridgehead atoms. The molecule has 5 rings (SSSR count). The zero-order chi connectivity index (χ0) is 25.2. The summed E-state index contributed by atoms with van der Waals surface area (Å²) in [5, 5.41) is 17.2. The van der Waals surface area contributed by atoms with Crippen LogP contribution in [0.3, 0.4) is 0 Å². The van der Waals surface area contributed by atoms with E-state index < -0.39 is 40.5 Å². The molecule has 0 saturated carbocycles. The molecular weight excluding hydrogens is 501 g/mol. The van der Waals surface area contributed by atoms with E-state index in [1.54, 1.807) is 24.3 Å². The highest BCUT2D eigenvalue weighted by molar-refractivity contribution is 6.32. The van der Waals surface area contributed by atoms with Crippen molar-refractivity contribution in [1.29, 1.82) is 0 Å². The Morgan fingerprint density at radius 1 is 1.14 bits per heavy atom.